The predicted molar refractivity (Wildman–Crippen MR) is 255 cm³/mol. The van der Waals surface area contributed by atoms with Crippen LogP contribution in [-0.2, 0) is 0 Å². The Morgan fingerprint density at radius 1 is 0.339 bits per heavy atom. The lowest BCUT2D eigenvalue weighted by molar-refractivity contribution is 1.06. The van der Waals surface area contributed by atoms with Crippen LogP contribution in [0.5, 0.6) is 0 Å². The van der Waals surface area contributed by atoms with Crippen LogP contribution >= 0.6 is 11.3 Å². The Kier molecular flexibility index (Phi) is 8.57. The van der Waals surface area contributed by atoms with Crippen LogP contribution in [0.2, 0.25) is 0 Å². The van der Waals surface area contributed by atoms with Crippen LogP contribution < -0.4 is 0 Å². The minimum absolute atomic E-state index is 0.548. The summed E-state index contributed by atoms with van der Waals surface area (Å²) in [5.74, 6) is 2.36. The van der Waals surface area contributed by atoms with Crippen molar-refractivity contribution >= 4 is 53.4 Å². The molecule has 0 N–H and O–H groups in total. The third-order valence-electron chi connectivity index (χ3n) is 11.5. The van der Waals surface area contributed by atoms with Gasteiger partial charge in [0.25, 0.3) is 0 Å². The zero-order chi connectivity index (χ0) is 41.0. The average molecular weight is 811 g/mol. The monoisotopic (exact) mass is 810 g/mol. The van der Waals surface area contributed by atoms with Gasteiger partial charge in [-0.3, -0.25) is 0 Å². The lowest BCUT2D eigenvalue weighted by Gasteiger charge is -2.16. The van der Waals surface area contributed by atoms with Gasteiger partial charge in [0, 0.05) is 48.7 Å². The minimum Gasteiger partial charge on any atom is -0.309 e. The van der Waals surface area contributed by atoms with Gasteiger partial charge in [0.05, 0.1) is 32.6 Å². The van der Waals surface area contributed by atoms with Crippen molar-refractivity contribution in [3.63, 3.8) is 0 Å². The first-order chi connectivity index (χ1) is 30.7. The summed E-state index contributed by atoms with van der Waals surface area (Å²) in [4.78, 5) is 26.4. The van der Waals surface area contributed by atoms with E-state index < -0.39 is 0 Å². The molecule has 0 aliphatic rings. The zero-order valence-corrected chi connectivity index (χ0v) is 34.0. The van der Waals surface area contributed by atoms with E-state index in [0.29, 0.717) is 23.3 Å². The van der Waals surface area contributed by atoms with Crippen molar-refractivity contribution in [2.45, 2.75) is 0 Å². The standard InChI is InChI=1S/C55H34N6S/c1-5-17-35(18-6-1)39-29-31-46-43(33-39)41-25-13-15-27-45(41)61(46)47-32-30-40(54-56-49(36-19-7-2-8-20-36)51-50(57-54)42-26-14-16-28-48(42)62-51)34-44(47)55-59-52(37-21-9-3-10-22-37)58-53(60-55)38-23-11-4-12-24-38/h1-34H. The van der Waals surface area contributed by atoms with Gasteiger partial charge < -0.3 is 4.57 Å². The summed E-state index contributed by atoms with van der Waals surface area (Å²) in [5, 5.41) is 3.43. The number of fused-ring (bicyclic) bond motifs is 6. The normalized spacial score (nSPS) is 11.5. The van der Waals surface area contributed by atoms with E-state index in [1.54, 1.807) is 11.3 Å². The molecular weight excluding hydrogens is 777 g/mol. The van der Waals surface area contributed by atoms with Gasteiger partial charge in [0.1, 0.15) is 0 Å². The van der Waals surface area contributed by atoms with E-state index in [0.717, 1.165) is 82.2 Å². The molecule has 4 heterocycles. The Bertz CT molecular complexity index is 3560. The highest BCUT2D eigenvalue weighted by atomic mass is 32.1. The molecule has 290 valence electrons. The Morgan fingerprint density at radius 2 is 0.871 bits per heavy atom. The summed E-state index contributed by atoms with van der Waals surface area (Å²) < 4.78 is 4.59. The van der Waals surface area contributed by atoms with Crippen molar-refractivity contribution < 1.29 is 0 Å². The molecule has 0 bridgehead atoms. The second-order valence-corrected chi connectivity index (χ2v) is 16.3. The van der Waals surface area contributed by atoms with E-state index >= 15 is 0 Å². The molecule has 6 nitrogen and oxygen atoms in total. The second kappa shape index (κ2) is 14.9. The smallest absolute Gasteiger partial charge is 0.166 e. The highest BCUT2D eigenvalue weighted by Gasteiger charge is 2.23. The van der Waals surface area contributed by atoms with Gasteiger partial charge in [-0.25, -0.2) is 24.9 Å². The lowest BCUT2D eigenvalue weighted by Crippen LogP contribution is -2.04. The number of nitrogens with zero attached hydrogens (tertiary/aromatic N) is 6. The van der Waals surface area contributed by atoms with Crippen LogP contribution in [0.1, 0.15) is 0 Å². The predicted octanol–water partition coefficient (Wildman–Crippen LogP) is 14.1. The number of hydrogen-bond donors (Lipinski definition) is 0. The third kappa shape index (κ3) is 6.14. The Morgan fingerprint density at radius 3 is 1.56 bits per heavy atom. The molecule has 0 aliphatic carbocycles. The number of aromatic nitrogens is 6. The molecular formula is C55H34N6S. The summed E-state index contributed by atoms with van der Waals surface area (Å²) in [6.45, 7) is 0. The van der Waals surface area contributed by atoms with Crippen molar-refractivity contribution in [2.75, 3.05) is 0 Å². The molecule has 12 aromatic rings. The molecule has 12 rings (SSSR count). The fourth-order valence-corrected chi connectivity index (χ4v) is 9.69. The molecule has 0 unspecified atom stereocenters. The molecule has 7 heteroatoms. The van der Waals surface area contributed by atoms with Gasteiger partial charge in [-0.2, -0.15) is 0 Å². The summed E-state index contributed by atoms with van der Waals surface area (Å²) >= 11 is 1.73. The van der Waals surface area contributed by atoms with Crippen LogP contribution in [0.15, 0.2) is 206 Å². The summed E-state index contributed by atoms with van der Waals surface area (Å²) in [6, 6.07) is 71.5. The van der Waals surface area contributed by atoms with Crippen molar-refractivity contribution in [3.05, 3.63) is 206 Å². The van der Waals surface area contributed by atoms with Gasteiger partial charge in [-0.1, -0.05) is 164 Å². The van der Waals surface area contributed by atoms with Crippen LogP contribution in [0.4, 0.5) is 0 Å². The fraction of sp³-hybridized carbons (Fsp3) is 0. The molecule has 0 radical (unpaired) electrons. The van der Waals surface area contributed by atoms with E-state index in [1.165, 1.54) is 10.3 Å². The molecule has 0 saturated heterocycles. The first-order valence-corrected chi connectivity index (χ1v) is 21.4. The molecule has 0 aliphatic heterocycles. The van der Waals surface area contributed by atoms with E-state index in [9.17, 15) is 0 Å². The van der Waals surface area contributed by atoms with Crippen LogP contribution in [-0.4, -0.2) is 29.5 Å². The van der Waals surface area contributed by atoms with Crippen LogP contribution in [0, 0.1) is 0 Å². The maximum Gasteiger partial charge on any atom is 0.166 e. The van der Waals surface area contributed by atoms with E-state index in [2.05, 4.69) is 144 Å². The summed E-state index contributed by atoms with van der Waals surface area (Å²) in [5.41, 5.74) is 11.8. The van der Waals surface area contributed by atoms with Crippen molar-refractivity contribution in [1.82, 2.24) is 29.5 Å². The van der Waals surface area contributed by atoms with Crippen molar-refractivity contribution in [2.24, 2.45) is 0 Å². The van der Waals surface area contributed by atoms with E-state index in [-0.39, 0.29) is 0 Å². The largest absolute Gasteiger partial charge is 0.309 e. The number of thiophene rings is 1. The van der Waals surface area contributed by atoms with Gasteiger partial charge in [0.2, 0.25) is 0 Å². The Labute approximate surface area is 361 Å². The molecule has 0 spiro atoms. The molecule has 0 atom stereocenters. The van der Waals surface area contributed by atoms with Gasteiger partial charge >= 0.3 is 0 Å². The average Bonchev–Trinajstić information content (AvgIpc) is 3.90. The summed E-state index contributed by atoms with van der Waals surface area (Å²) in [7, 11) is 0. The third-order valence-corrected chi connectivity index (χ3v) is 12.6. The number of benzene rings is 8. The lowest BCUT2D eigenvalue weighted by atomic mass is 10.0. The van der Waals surface area contributed by atoms with E-state index in [1.807, 2.05) is 66.7 Å². The molecule has 4 aromatic heterocycles. The maximum atomic E-state index is 5.37. The van der Waals surface area contributed by atoms with Crippen molar-refractivity contribution in [3.8, 4) is 73.6 Å². The van der Waals surface area contributed by atoms with Gasteiger partial charge in [0.15, 0.2) is 23.3 Å². The minimum atomic E-state index is 0.548. The van der Waals surface area contributed by atoms with Crippen LogP contribution in [0.25, 0.3) is 116 Å². The SMILES string of the molecule is c1ccc(-c2ccc3c(c2)c2ccccc2n3-c2ccc(-c3nc(-c4ccccc4)c4sc5ccccc5c4n3)cc2-c2nc(-c3ccccc3)nc(-c3ccccc3)n2)cc1. The van der Waals surface area contributed by atoms with Gasteiger partial charge in [-0.15, -0.1) is 11.3 Å². The first kappa shape index (κ1) is 35.8. The quantitative estimate of drug-likeness (QED) is 0.160. The molecule has 0 saturated carbocycles. The maximum absolute atomic E-state index is 5.37. The Balaban J connectivity index is 1.15. The number of rotatable bonds is 7. The number of para-hydroxylation sites is 1. The first-order valence-electron chi connectivity index (χ1n) is 20.6. The molecule has 8 aromatic carbocycles. The topological polar surface area (TPSA) is 69.4 Å². The zero-order valence-electron chi connectivity index (χ0n) is 33.2. The fourth-order valence-electron chi connectivity index (χ4n) is 8.53. The van der Waals surface area contributed by atoms with E-state index in [4.69, 9.17) is 24.9 Å². The molecule has 0 amide bonds. The van der Waals surface area contributed by atoms with Crippen LogP contribution in [0.3, 0.4) is 0 Å². The second-order valence-electron chi connectivity index (χ2n) is 15.3. The number of hydrogen-bond acceptors (Lipinski definition) is 6. The van der Waals surface area contributed by atoms with Gasteiger partial charge in [-0.05, 0) is 53.6 Å². The highest BCUT2D eigenvalue weighted by Crippen LogP contribution is 2.42. The highest BCUT2D eigenvalue weighted by molar-refractivity contribution is 7.26. The summed E-state index contributed by atoms with van der Waals surface area (Å²) in [6.07, 6.45) is 0. The molecule has 0 fully saturated rings. The molecule has 62 heavy (non-hydrogen) atoms. The van der Waals surface area contributed by atoms with Crippen molar-refractivity contribution in [1.29, 1.82) is 0 Å². The Hall–Kier alpha value is -8.13.